The highest BCUT2D eigenvalue weighted by Crippen LogP contribution is 2.10. The minimum absolute atomic E-state index is 0.244. The van der Waals surface area contributed by atoms with Gasteiger partial charge < -0.3 is 15.7 Å². The summed E-state index contributed by atoms with van der Waals surface area (Å²) in [6.45, 7) is 4.29. The van der Waals surface area contributed by atoms with E-state index in [2.05, 4.69) is 31.5 Å². The van der Waals surface area contributed by atoms with Crippen LogP contribution in [0.3, 0.4) is 0 Å². The fraction of sp³-hybridized carbons (Fsp3) is 0.500. The van der Waals surface area contributed by atoms with E-state index >= 15 is 0 Å². The summed E-state index contributed by atoms with van der Waals surface area (Å²) in [5, 5.41) is 14.9. The number of hydrogen-bond donors (Lipinski definition) is 3. The monoisotopic (exact) mass is 315 g/mol. The maximum absolute atomic E-state index is 11.5. The Morgan fingerprint density at radius 2 is 2.22 bits per heavy atom. The highest BCUT2D eigenvalue weighted by Gasteiger charge is 2.09. The number of aliphatic hydroxyl groups is 1. The summed E-state index contributed by atoms with van der Waals surface area (Å²) >= 11 is 3.21. The van der Waals surface area contributed by atoms with Crippen molar-refractivity contribution in [2.24, 2.45) is 5.92 Å². The lowest BCUT2D eigenvalue weighted by atomic mass is 10.1. The van der Waals surface area contributed by atoms with Crippen molar-refractivity contribution < 1.29 is 9.90 Å². The van der Waals surface area contributed by atoms with Crippen molar-refractivity contribution in [3.63, 3.8) is 0 Å². The molecule has 1 heterocycles. The SMILES string of the molecule is CC(C)CC(O)CNC(=O)Nc1ccc(Br)nc1. The number of anilines is 1. The number of nitrogens with zero attached hydrogens (tertiary/aromatic N) is 1. The Labute approximate surface area is 115 Å². The summed E-state index contributed by atoms with van der Waals surface area (Å²) in [5.74, 6) is 0.403. The molecule has 1 atom stereocenters. The fourth-order valence-corrected chi connectivity index (χ4v) is 1.70. The van der Waals surface area contributed by atoms with E-state index in [0.717, 1.165) is 0 Å². The summed E-state index contributed by atoms with van der Waals surface area (Å²) in [6, 6.07) is 3.13. The van der Waals surface area contributed by atoms with Crippen molar-refractivity contribution in [2.45, 2.75) is 26.4 Å². The Morgan fingerprint density at radius 3 is 2.78 bits per heavy atom. The van der Waals surface area contributed by atoms with Crippen molar-refractivity contribution in [1.29, 1.82) is 0 Å². The zero-order chi connectivity index (χ0) is 13.5. The van der Waals surface area contributed by atoms with Gasteiger partial charge in [-0.15, -0.1) is 0 Å². The predicted molar refractivity (Wildman–Crippen MR) is 74.4 cm³/mol. The minimum atomic E-state index is -0.515. The number of halogens is 1. The molecule has 0 aliphatic carbocycles. The molecule has 0 radical (unpaired) electrons. The lowest BCUT2D eigenvalue weighted by molar-refractivity contribution is 0.148. The van der Waals surface area contributed by atoms with Gasteiger partial charge in [-0.2, -0.15) is 0 Å². The Bertz CT molecular complexity index is 381. The van der Waals surface area contributed by atoms with Gasteiger partial charge in [-0.25, -0.2) is 9.78 Å². The highest BCUT2D eigenvalue weighted by molar-refractivity contribution is 9.10. The molecule has 2 amide bonds. The Kier molecular flexibility index (Phi) is 6.07. The van der Waals surface area contributed by atoms with Gasteiger partial charge in [0.25, 0.3) is 0 Å². The number of carbonyl (C=O) groups excluding carboxylic acids is 1. The van der Waals surface area contributed by atoms with Crippen LogP contribution in [0.25, 0.3) is 0 Å². The van der Waals surface area contributed by atoms with Gasteiger partial charge in [0.05, 0.1) is 18.0 Å². The third kappa shape index (κ3) is 5.97. The van der Waals surface area contributed by atoms with Crippen LogP contribution in [0.1, 0.15) is 20.3 Å². The average molecular weight is 316 g/mol. The number of amides is 2. The maximum Gasteiger partial charge on any atom is 0.319 e. The Balaban J connectivity index is 2.31. The lowest BCUT2D eigenvalue weighted by Crippen LogP contribution is -2.35. The number of carbonyl (C=O) groups is 1. The number of nitrogens with one attached hydrogen (secondary N) is 2. The third-order valence-electron chi connectivity index (χ3n) is 2.23. The number of hydrogen-bond acceptors (Lipinski definition) is 3. The lowest BCUT2D eigenvalue weighted by Gasteiger charge is -2.14. The number of pyridine rings is 1. The van der Waals surface area contributed by atoms with Crippen LogP contribution in [-0.4, -0.2) is 28.8 Å². The molecule has 0 fully saturated rings. The first-order valence-corrected chi connectivity index (χ1v) is 6.61. The minimum Gasteiger partial charge on any atom is -0.391 e. The predicted octanol–water partition coefficient (Wildman–Crippen LogP) is 2.37. The normalized spacial score (nSPS) is 12.3. The molecule has 0 saturated carbocycles. The van der Waals surface area contributed by atoms with Gasteiger partial charge >= 0.3 is 6.03 Å². The molecule has 18 heavy (non-hydrogen) atoms. The standard InChI is InChI=1S/C12H18BrN3O2/c1-8(2)5-10(17)7-15-12(18)16-9-3-4-11(13)14-6-9/h3-4,6,8,10,17H,5,7H2,1-2H3,(H2,15,16,18). The van der Waals surface area contributed by atoms with E-state index in [1.54, 1.807) is 18.3 Å². The molecule has 5 nitrogen and oxygen atoms in total. The van der Waals surface area contributed by atoms with Crippen molar-refractivity contribution >= 4 is 27.6 Å². The van der Waals surface area contributed by atoms with Crippen LogP contribution >= 0.6 is 15.9 Å². The van der Waals surface area contributed by atoms with Crippen LogP contribution in [0.4, 0.5) is 10.5 Å². The molecule has 1 aromatic rings. The number of aromatic nitrogens is 1. The molecule has 1 unspecified atom stereocenters. The maximum atomic E-state index is 11.5. The van der Waals surface area contributed by atoms with E-state index in [4.69, 9.17) is 0 Å². The molecule has 0 saturated heterocycles. The van der Waals surface area contributed by atoms with Crippen LogP contribution in [0, 0.1) is 5.92 Å². The number of urea groups is 1. The molecule has 0 bridgehead atoms. The molecule has 0 aliphatic rings. The van der Waals surface area contributed by atoms with E-state index in [1.807, 2.05) is 13.8 Å². The quantitative estimate of drug-likeness (QED) is 0.730. The molecule has 0 spiro atoms. The molecule has 1 rings (SSSR count). The van der Waals surface area contributed by atoms with Gasteiger partial charge in [0.15, 0.2) is 0 Å². The van der Waals surface area contributed by atoms with Crippen LogP contribution in [0.5, 0.6) is 0 Å². The van der Waals surface area contributed by atoms with Crippen molar-refractivity contribution in [1.82, 2.24) is 10.3 Å². The summed E-state index contributed by atoms with van der Waals surface area (Å²) in [4.78, 5) is 15.5. The third-order valence-corrected chi connectivity index (χ3v) is 2.70. The molecule has 3 N–H and O–H groups in total. The van der Waals surface area contributed by atoms with Crippen LogP contribution in [-0.2, 0) is 0 Å². The van der Waals surface area contributed by atoms with E-state index in [0.29, 0.717) is 22.6 Å². The van der Waals surface area contributed by atoms with E-state index in [-0.39, 0.29) is 12.6 Å². The molecule has 0 aromatic carbocycles. The van der Waals surface area contributed by atoms with Gasteiger partial charge in [0.2, 0.25) is 0 Å². The van der Waals surface area contributed by atoms with E-state index < -0.39 is 6.10 Å². The molecular weight excluding hydrogens is 298 g/mol. The second kappa shape index (κ2) is 7.33. The first kappa shape index (κ1) is 14.9. The van der Waals surface area contributed by atoms with Gasteiger partial charge in [-0.05, 0) is 40.4 Å². The molecule has 100 valence electrons. The average Bonchev–Trinajstić information content (AvgIpc) is 2.29. The fourth-order valence-electron chi connectivity index (χ4n) is 1.46. The van der Waals surface area contributed by atoms with Crippen LogP contribution < -0.4 is 10.6 Å². The first-order chi connectivity index (χ1) is 8.47. The first-order valence-electron chi connectivity index (χ1n) is 5.82. The zero-order valence-electron chi connectivity index (χ0n) is 10.5. The molecular formula is C12H18BrN3O2. The summed E-state index contributed by atoms with van der Waals surface area (Å²) in [6.07, 6.45) is 1.70. The zero-order valence-corrected chi connectivity index (χ0v) is 12.1. The molecule has 6 heteroatoms. The molecule has 1 aromatic heterocycles. The van der Waals surface area contributed by atoms with Gasteiger partial charge in [-0.3, -0.25) is 0 Å². The van der Waals surface area contributed by atoms with Crippen LogP contribution in [0.15, 0.2) is 22.9 Å². The molecule has 0 aliphatic heterocycles. The summed E-state index contributed by atoms with van der Waals surface area (Å²) in [5.41, 5.74) is 0.606. The van der Waals surface area contributed by atoms with Gasteiger partial charge in [-0.1, -0.05) is 13.8 Å². The largest absolute Gasteiger partial charge is 0.391 e. The van der Waals surface area contributed by atoms with Crippen molar-refractivity contribution in [3.8, 4) is 0 Å². The Hall–Kier alpha value is -1.14. The van der Waals surface area contributed by atoms with Crippen molar-refractivity contribution in [3.05, 3.63) is 22.9 Å². The van der Waals surface area contributed by atoms with Gasteiger partial charge in [0, 0.05) is 6.54 Å². The summed E-state index contributed by atoms with van der Waals surface area (Å²) in [7, 11) is 0. The second-order valence-corrected chi connectivity index (χ2v) is 5.30. The number of rotatable bonds is 5. The van der Waals surface area contributed by atoms with E-state index in [1.165, 1.54) is 0 Å². The Morgan fingerprint density at radius 1 is 1.50 bits per heavy atom. The second-order valence-electron chi connectivity index (χ2n) is 4.49. The smallest absolute Gasteiger partial charge is 0.319 e. The van der Waals surface area contributed by atoms with Crippen LogP contribution in [0.2, 0.25) is 0 Å². The summed E-state index contributed by atoms with van der Waals surface area (Å²) < 4.78 is 0.709. The highest BCUT2D eigenvalue weighted by atomic mass is 79.9. The number of aliphatic hydroxyl groups excluding tert-OH is 1. The van der Waals surface area contributed by atoms with Crippen molar-refractivity contribution in [2.75, 3.05) is 11.9 Å². The van der Waals surface area contributed by atoms with E-state index in [9.17, 15) is 9.90 Å². The topological polar surface area (TPSA) is 74.2 Å². The van der Waals surface area contributed by atoms with Gasteiger partial charge in [0.1, 0.15) is 4.60 Å².